The van der Waals surface area contributed by atoms with Gasteiger partial charge >= 0.3 is 0 Å². The van der Waals surface area contributed by atoms with Crippen molar-refractivity contribution in [2.75, 3.05) is 52.9 Å². The maximum absolute atomic E-state index is 9.77. The SMILES string of the molecule is CCCC(C)(CCC)CCOC(O)COCCOCCOCCO. The molecule has 2 N–H and O–H groups in total. The van der Waals surface area contributed by atoms with Crippen LogP contribution in [-0.4, -0.2) is 69.4 Å². The molecule has 1 unspecified atom stereocenters. The van der Waals surface area contributed by atoms with Crippen molar-refractivity contribution in [2.45, 2.75) is 59.2 Å². The summed E-state index contributed by atoms with van der Waals surface area (Å²) in [6.07, 6.45) is 4.81. The summed E-state index contributed by atoms with van der Waals surface area (Å²) >= 11 is 0. The Morgan fingerprint density at radius 2 is 1.33 bits per heavy atom. The first-order valence-corrected chi connectivity index (χ1v) is 9.21. The number of rotatable bonds is 18. The van der Waals surface area contributed by atoms with Gasteiger partial charge in [-0.3, -0.25) is 0 Å². The zero-order valence-corrected chi connectivity index (χ0v) is 15.8. The fourth-order valence-electron chi connectivity index (χ4n) is 2.76. The third-order valence-electron chi connectivity index (χ3n) is 3.96. The van der Waals surface area contributed by atoms with Crippen molar-refractivity contribution in [3.63, 3.8) is 0 Å². The molecule has 0 spiro atoms. The molecular weight excluding hydrogens is 312 g/mol. The molecule has 0 aromatic rings. The van der Waals surface area contributed by atoms with E-state index in [0.717, 1.165) is 6.42 Å². The standard InChI is InChI=1S/C18H38O6/c1-4-6-18(3,7-5-2)8-10-24-17(20)16-23-15-14-22-13-12-21-11-9-19/h17,19-20H,4-16H2,1-3H3. The highest BCUT2D eigenvalue weighted by Gasteiger charge is 2.22. The quantitative estimate of drug-likeness (QED) is 0.292. The molecule has 0 saturated carbocycles. The Morgan fingerprint density at radius 3 is 1.88 bits per heavy atom. The van der Waals surface area contributed by atoms with Crippen LogP contribution in [0, 0.1) is 5.41 Å². The van der Waals surface area contributed by atoms with Crippen molar-refractivity contribution in [2.24, 2.45) is 5.41 Å². The molecule has 0 heterocycles. The smallest absolute Gasteiger partial charge is 0.178 e. The summed E-state index contributed by atoms with van der Waals surface area (Å²) in [5.74, 6) is 0. The van der Waals surface area contributed by atoms with Crippen molar-refractivity contribution < 1.29 is 29.2 Å². The van der Waals surface area contributed by atoms with Crippen LogP contribution in [0.3, 0.4) is 0 Å². The van der Waals surface area contributed by atoms with E-state index in [1.54, 1.807) is 0 Å². The molecule has 146 valence electrons. The van der Waals surface area contributed by atoms with Gasteiger partial charge in [0.1, 0.15) is 0 Å². The third-order valence-corrected chi connectivity index (χ3v) is 3.96. The van der Waals surface area contributed by atoms with Crippen molar-refractivity contribution in [1.82, 2.24) is 0 Å². The van der Waals surface area contributed by atoms with Gasteiger partial charge in [-0.25, -0.2) is 0 Å². The molecule has 0 aliphatic heterocycles. The van der Waals surface area contributed by atoms with Crippen LogP contribution < -0.4 is 0 Å². The van der Waals surface area contributed by atoms with Crippen molar-refractivity contribution in [3.8, 4) is 0 Å². The fourth-order valence-corrected chi connectivity index (χ4v) is 2.76. The summed E-state index contributed by atoms with van der Waals surface area (Å²) in [5, 5.41) is 18.3. The Bertz CT molecular complexity index is 256. The van der Waals surface area contributed by atoms with Gasteiger partial charge in [-0.05, 0) is 24.7 Å². The summed E-state index contributed by atoms with van der Waals surface area (Å²) in [5.41, 5.74) is 0.302. The maximum Gasteiger partial charge on any atom is 0.178 e. The van der Waals surface area contributed by atoms with E-state index >= 15 is 0 Å². The van der Waals surface area contributed by atoms with E-state index in [1.165, 1.54) is 25.7 Å². The molecule has 0 bridgehead atoms. The van der Waals surface area contributed by atoms with Gasteiger partial charge in [0.05, 0.1) is 52.9 Å². The molecule has 0 saturated heterocycles. The minimum absolute atomic E-state index is 0.0248. The molecule has 6 heteroatoms. The summed E-state index contributed by atoms with van der Waals surface area (Å²) in [7, 11) is 0. The molecule has 0 radical (unpaired) electrons. The highest BCUT2D eigenvalue weighted by atomic mass is 16.6. The fraction of sp³-hybridized carbons (Fsp3) is 1.00. The minimum Gasteiger partial charge on any atom is -0.394 e. The van der Waals surface area contributed by atoms with E-state index in [1.807, 2.05) is 0 Å². The first-order valence-electron chi connectivity index (χ1n) is 9.21. The van der Waals surface area contributed by atoms with Crippen LogP contribution in [0.2, 0.25) is 0 Å². The largest absolute Gasteiger partial charge is 0.394 e. The van der Waals surface area contributed by atoms with E-state index in [-0.39, 0.29) is 13.2 Å². The number of hydrogen-bond donors (Lipinski definition) is 2. The molecule has 24 heavy (non-hydrogen) atoms. The molecule has 0 aliphatic carbocycles. The molecule has 0 rings (SSSR count). The van der Waals surface area contributed by atoms with Gasteiger partial charge in [-0.15, -0.1) is 0 Å². The van der Waals surface area contributed by atoms with Gasteiger partial charge in [0.2, 0.25) is 0 Å². The lowest BCUT2D eigenvalue weighted by Crippen LogP contribution is -2.24. The molecule has 0 amide bonds. The average Bonchev–Trinajstić information content (AvgIpc) is 2.53. The second-order valence-corrected chi connectivity index (χ2v) is 6.41. The Hall–Kier alpha value is -0.240. The number of aliphatic hydroxyl groups is 2. The lowest BCUT2D eigenvalue weighted by Gasteiger charge is -2.29. The molecule has 1 atom stereocenters. The van der Waals surface area contributed by atoms with Gasteiger partial charge in [0.25, 0.3) is 0 Å². The third kappa shape index (κ3) is 14.1. The number of aliphatic hydroxyl groups excluding tert-OH is 2. The topological polar surface area (TPSA) is 77.4 Å². The van der Waals surface area contributed by atoms with Crippen LogP contribution in [0.25, 0.3) is 0 Å². The molecule has 0 aromatic heterocycles. The Kier molecular flexibility index (Phi) is 16.1. The minimum atomic E-state index is -0.884. The zero-order valence-electron chi connectivity index (χ0n) is 15.8. The van der Waals surface area contributed by atoms with Crippen LogP contribution in [-0.2, 0) is 18.9 Å². The van der Waals surface area contributed by atoms with Gasteiger partial charge in [0, 0.05) is 0 Å². The zero-order chi connectivity index (χ0) is 18.1. The maximum atomic E-state index is 9.77. The van der Waals surface area contributed by atoms with E-state index in [2.05, 4.69) is 20.8 Å². The van der Waals surface area contributed by atoms with Crippen LogP contribution in [0.15, 0.2) is 0 Å². The van der Waals surface area contributed by atoms with Crippen molar-refractivity contribution >= 4 is 0 Å². The second-order valence-electron chi connectivity index (χ2n) is 6.41. The second kappa shape index (κ2) is 16.2. The summed E-state index contributed by atoms with van der Waals surface area (Å²) in [6.45, 7) is 9.56. The van der Waals surface area contributed by atoms with E-state index in [0.29, 0.717) is 45.1 Å². The molecule has 0 aromatic carbocycles. The van der Waals surface area contributed by atoms with E-state index in [9.17, 15) is 5.11 Å². The molecule has 6 nitrogen and oxygen atoms in total. The van der Waals surface area contributed by atoms with Gasteiger partial charge < -0.3 is 29.2 Å². The Morgan fingerprint density at radius 1 is 0.792 bits per heavy atom. The highest BCUT2D eigenvalue weighted by molar-refractivity contribution is 4.73. The summed E-state index contributed by atoms with van der Waals surface area (Å²) in [4.78, 5) is 0. The first-order chi connectivity index (χ1) is 11.6. The Labute approximate surface area is 147 Å². The average molecular weight is 350 g/mol. The molecular formula is C18H38O6. The monoisotopic (exact) mass is 350 g/mol. The van der Waals surface area contributed by atoms with Crippen LogP contribution in [0.1, 0.15) is 52.9 Å². The van der Waals surface area contributed by atoms with Gasteiger partial charge in [-0.2, -0.15) is 0 Å². The molecule has 0 aliphatic rings. The van der Waals surface area contributed by atoms with E-state index < -0.39 is 6.29 Å². The Balaban J connectivity index is 3.53. The number of ether oxygens (including phenoxy) is 4. The lowest BCUT2D eigenvalue weighted by atomic mass is 9.79. The lowest BCUT2D eigenvalue weighted by molar-refractivity contribution is -0.145. The number of hydrogen-bond acceptors (Lipinski definition) is 6. The summed E-state index contributed by atoms with van der Waals surface area (Å²) in [6, 6.07) is 0. The van der Waals surface area contributed by atoms with Crippen molar-refractivity contribution in [1.29, 1.82) is 0 Å². The predicted octanol–water partition coefficient (Wildman–Crippen LogP) is 2.36. The summed E-state index contributed by atoms with van der Waals surface area (Å²) < 4.78 is 21.1. The van der Waals surface area contributed by atoms with Crippen LogP contribution >= 0.6 is 0 Å². The van der Waals surface area contributed by atoms with E-state index in [4.69, 9.17) is 24.1 Å². The van der Waals surface area contributed by atoms with Crippen LogP contribution in [0.5, 0.6) is 0 Å². The van der Waals surface area contributed by atoms with Crippen molar-refractivity contribution in [3.05, 3.63) is 0 Å². The van der Waals surface area contributed by atoms with Gasteiger partial charge in [-0.1, -0.05) is 33.6 Å². The highest BCUT2D eigenvalue weighted by Crippen LogP contribution is 2.32. The van der Waals surface area contributed by atoms with Crippen LogP contribution in [0.4, 0.5) is 0 Å². The van der Waals surface area contributed by atoms with Gasteiger partial charge in [0.15, 0.2) is 6.29 Å². The normalized spacial score (nSPS) is 13.4. The molecule has 0 fully saturated rings. The predicted molar refractivity (Wildman–Crippen MR) is 94.0 cm³/mol. The first kappa shape index (κ1) is 23.8.